The minimum absolute atomic E-state index is 0.0140. The van der Waals surface area contributed by atoms with Crippen LogP contribution in [0.15, 0.2) is 12.4 Å². The summed E-state index contributed by atoms with van der Waals surface area (Å²) in [5.74, 6) is -0.271. The molecule has 0 fully saturated rings. The average molecular weight is 165 g/mol. The average Bonchev–Trinajstić information content (AvgIpc) is 2.53. The third-order valence-electron chi connectivity index (χ3n) is 1.12. The number of hydrogen-bond donors (Lipinski definition) is 1. The Labute approximate surface area is 68.8 Å². The molecule has 6 nitrogen and oxygen atoms in total. The minimum atomic E-state index is -0.271. The Morgan fingerprint density at radius 2 is 2.25 bits per heavy atom. The van der Waals surface area contributed by atoms with Crippen LogP contribution in [0.4, 0.5) is 0 Å². The highest BCUT2D eigenvalue weighted by Crippen LogP contribution is 1.77. The number of carbonyl (C=O) groups excluding carboxylic acids is 1. The Kier molecular flexibility index (Phi) is 2.79. The van der Waals surface area contributed by atoms with Gasteiger partial charge in [0.1, 0.15) is 13.1 Å². The first-order chi connectivity index (χ1) is 5.83. The second kappa shape index (κ2) is 4.08. The molecule has 62 valence electrons. The van der Waals surface area contributed by atoms with Crippen LogP contribution in [0.1, 0.15) is 0 Å². The van der Waals surface area contributed by atoms with E-state index in [9.17, 15) is 4.79 Å². The van der Waals surface area contributed by atoms with Gasteiger partial charge in [-0.1, -0.05) is 0 Å². The third-order valence-corrected chi connectivity index (χ3v) is 1.12. The lowest BCUT2D eigenvalue weighted by Crippen LogP contribution is -2.28. The van der Waals surface area contributed by atoms with Gasteiger partial charge in [0.2, 0.25) is 5.91 Å². The van der Waals surface area contributed by atoms with E-state index in [2.05, 4.69) is 15.5 Å². The standard InChI is InChI=1S/C6H7N5O/c7-1-2-8-6(12)5-11-9-3-4-10-11/h3-4H,2,5H2,(H,8,12). The van der Waals surface area contributed by atoms with Gasteiger partial charge in [-0.2, -0.15) is 20.3 Å². The molecule has 0 spiro atoms. The molecule has 1 heterocycles. The van der Waals surface area contributed by atoms with E-state index in [0.29, 0.717) is 0 Å². The van der Waals surface area contributed by atoms with E-state index in [0.717, 1.165) is 0 Å². The van der Waals surface area contributed by atoms with Crippen LogP contribution in [0.2, 0.25) is 0 Å². The first kappa shape index (κ1) is 8.20. The van der Waals surface area contributed by atoms with Crippen molar-refractivity contribution in [3.63, 3.8) is 0 Å². The lowest BCUT2D eigenvalue weighted by atomic mass is 10.6. The van der Waals surface area contributed by atoms with E-state index in [1.165, 1.54) is 17.2 Å². The molecule has 0 aliphatic heterocycles. The van der Waals surface area contributed by atoms with Crippen molar-refractivity contribution in [2.45, 2.75) is 6.54 Å². The minimum Gasteiger partial charge on any atom is -0.341 e. The van der Waals surface area contributed by atoms with Crippen LogP contribution in [-0.2, 0) is 11.3 Å². The largest absolute Gasteiger partial charge is 0.341 e. The van der Waals surface area contributed by atoms with Crippen molar-refractivity contribution in [1.29, 1.82) is 5.26 Å². The summed E-state index contributed by atoms with van der Waals surface area (Å²) < 4.78 is 0. The van der Waals surface area contributed by atoms with Gasteiger partial charge in [-0.15, -0.1) is 0 Å². The van der Waals surface area contributed by atoms with E-state index >= 15 is 0 Å². The fourth-order valence-electron chi connectivity index (χ4n) is 0.647. The number of carbonyl (C=O) groups is 1. The Morgan fingerprint density at radius 1 is 1.58 bits per heavy atom. The summed E-state index contributed by atoms with van der Waals surface area (Å²) in [6, 6.07) is 1.80. The quantitative estimate of drug-likeness (QED) is 0.577. The molecule has 1 rings (SSSR count). The van der Waals surface area contributed by atoms with Crippen molar-refractivity contribution in [2.24, 2.45) is 0 Å². The number of amides is 1. The molecule has 1 amide bonds. The van der Waals surface area contributed by atoms with Crippen LogP contribution in [0.5, 0.6) is 0 Å². The predicted molar refractivity (Wildman–Crippen MR) is 38.6 cm³/mol. The molecule has 0 radical (unpaired) electrons. The number of hydrogen-bond acceptors (Lipinski definition) is 4. The molecule has 0 aliphatic rings. The van der Waals surface area contributed by atoms with Gasteiger partial charge in [-0.3, -0.25) is 4.79 Å². The van der Waals surface area contributed by atoms with E-state index in [4.69, 9.17) is 5.26 Å². The molecular weight excluding hydrogens is 158 g/mol. The number of nitrogens with one attached hydrogen (secondary N) is 1. The Hall–Kier alpha value is -1.90. The Bertz CT molecular complexity index is 285. The zero-order chi connectivity index (χ0) is 8.81. The van der Waals surface area contributed by atoms with Gasteiger partial charge < -0.3 is 5.32 Å². The smallest absolute Gasteiger partial charge is 0.244 e. The van der Waals surface area contributed by atoms with Gasteiger partial charge in [0.25, 0.3) is 0 Å². The molecule has 0 aliphatic carbocycles. The van der Waals surface area contributed by atoms with Gasteiger partial charge >= 0.3 is 0 Å². The second-order valence-corrected chi connectivity index (χ2v) is 1.99. The van der Waals surface area contributed by atoms with Gasteiger partial charge in [0.15, 0.2) is 0 Å². The predicted octanol–water partition coefficient (Wildman–Crippen LogP) is -1.08. The van der Waals surface area contributed by atoms with Crippen molar-refractivity contribution in [2.75, 3.05) is 6.54 Å². The topological polar surface area (TPSA) is 83.6 Å². The van der Waals surface area contributed by atoms with Crippen LogP contribution in [0, 0.1) is 11.3 Å². The highest BCUT2D eigenvalue weighted by atomic mass is 16.2. The van der Waals surface area contributed by atoms with Crippen molar-refractivity contribution in [1.82, 2.24) is 20.3 Å². The monoisotopic (exact) mass is 165 g/mol. The van der Waals surface area contributed by atoms with Gasteiger partial charge in [-0.25, -0.2) is 0 Å². The summed E-state index contributed by atoms with van der Waals surface area (Å²) in [4.78, 5) is 12.1. The summed E-state index contributed by atoms with van der Waals surface area (Å²) in [6.45, 7) is 0.0643. The Morgan fingerprint density at radius 3 is 2.83 bits per heavy atom. The van der Waals surface area contributed by atoms with Crippen LogP contribution < -0.4 is 5.32 Å². The molecule has 0 aromatic carbocycles. The molecule has 1 N–H and O–H groups in total. The lowest BCUT2D eigenvalue weighted by Gasteiger charge is -1.98. The molecule has 1 aromatic heterocycles. The first-order valence-corrected chi connectivity index (χ1v) is 3.30. The molecule has 0 atom stereocenters. The number of rotatable bonds is 3. The Balaban J connectivity index is 2.33. The highest BCUT2D eigenvalue weighted by molar-refractivity contribution is 5.75. The first-order valence-electron chi connectivity index (χ1n) is 3.30. The number of nitriles is 1. The van der Waals surface area contributed by atoms with E-state index in [1.807, 2.05) is 0 Å². The van der Waals surface area contributed by atoms with Crippen LogP contribution in [0.3, 0.4) is 0 Å². The zero-order valence-corrected chi connectivity index (χ0v) is 6.27. The molecule has 0 saturated heterocycles. The molecule has 6 heteroatoms. The van der Waals surface area contributed by atoms with Crippen molar-refractivity contribution in [3.8, 4) is 6.07 Å². The molecule has 12 heavy (non-hydrogen) atoms. The summed E-state index contributed by atoms with van der Waals surface area (Å²) in [7, 11) is 0. The maximum atomic E-state index is 10.9. The zero-order valence-electron chi connectivity index (χ0n) is 6.27. The fourth-order valence-corrected chi connectivity index (χ4v) is 0.647. The number of nitrogens with zero attached hydrogens (tertiary/aromatic N) is 4. The lowest BCUT2D eigenvalue weighted by molar-refractivity contribution is -0.121. The highest BCUT2D eigenvalue weighted by Gasteiger charge is 2.01. The number of aromatic nitrogens is 3. The van der Waals surface area contributed by atoms with Crippen molar-refractivity contribution in [3.05, 3.63) is 12.4 Å². The maximum Gasteiger partial charge on any atom is 0.244 e. The molecule has 0 bridgehead atoms. The maximum absolute atomic E-state index is 10.9. The SMILES string of the molecule is N#CCNC(=O)Cn1nccn1. The fraction of sp³-hybridized carbons (Fsp3) is 0.333. The van der Waals surface area contributed by atoms with E-state index in [-0.39, 0.29) is 19.0 Å². The summed E-state index contributed by atoms with van der Waals surface area (Å²) in [6.07, 6.45) is 2.97. The van der Waals surface area contributed by atoms with Crippen molar-refractivity contribution >= 4 is 5.91 Å². The van der Waals surface area contributed by atoms with Crippen LogP contribution in [0.25, 0.3) is 0 Å². The van der Waals surface area contributed by atoms with E-state index < -0.39 is 0 Å². The van der Waals surface area contributed by atoms with Crippen molar-refractivity contribution < 1.29 is 4.79 Å². The molecule has 0 unspecified atom stereocenters. The summed E-state index contributed by atoms with van der Waals surface area (Å²) >= 11 is 0. The van der Waals surface area contributed by atoms with Crippen LogP contribution in [-0.4, -0.2) is 27.4 Å². The summed E-state index contributed by atoms with van der Waals surface area (Å²) in [5.41, 5.74) is 0. The molecule has 0 saturated carbocycles. The van der Waals surface area contributed by atoms with E-state index in [1.54, 1.807) is 6.07 Å². The van der Waals surface area contributed by atoms with Gasteiger partial charge in [0.05, 0.1) is 18.5 Å². The summed E-state index contributed by atoms with van der Waals surface area (Å²) in [5, 5.41) is 18.0. The molecule has 1 aromatic rings. The van der Waals surface area contributed by atoms with Gasteiger partial charge in [-0.05, 0) is 0 Å². The van der Waals surface area contributed by atoms with Gasteiger partial charge in [0, 0.05) is 0 Å². The third kappa shape index (κ3) is 2.38. The normalized spacial score (nSPS) is 8.92. The molecular formula is C6H7N5O. The van der Waals surface area contributed by atoms with Crippen LogP contribution >= 0.6 is 0 Å². The second-order valence-electron chi connectivity index (χ2n) is 1.99.